The largest absolute Gasteiger partial charge is 0.311 e. The maximum Gasteiger partial charge on any atom is 0.0462 e. The van der Waals surface area contributed by atoms with Crippen LogP contribution in [0.2, 0.25) is 0 Å². The highest BCUT2D eigenvalue weighted by molar-refractivity contribution is 5.97. The Balaban J connectivity index is 0.870. The van der Waals surface area contributed by atoms with E-state index in [-0.39, 0.29) is 5.41 Å². The van der Waals surface area contributed by atoms with Crippen molar-refractivity contribution < 1.29 is 0 Å². The van der Waals surface area contributed by atoms with Gasteiger partial charge in [0, 0.05) is 22.5 Å². The Labute approximate surface area is 377 Å². The Bertz CT molecular complexity index is 3170. The third-order valence-corrected chi connectivity index (χ3v) is 16.0. The van der Waals surface area contributed by atoms with Gasteiger partial charge in [-0.1, -0.05) is 176 Å². The molecule has 1 heteroatoms. The summed E-state index contributed by atoms with van der Waals surface area (Å²) >= 11 is 0. The van der Waals surface area contributed by atoms with Crippen LogP contribution in [0.5, 0.6) is 0 Å². The average molecular weight is 822 g/mol. The van der Waals surface area contributed by atoms with Crippen LogP contribution in [0.1, 0.15) is 49.7 Å². The van der Waals surface area contributed by atoms with Gasteiger partial charge in [0.2, 0.25) is 0 Å². The maximum absolute atomic E-state index is 2.50. The lowest BCUT2D eigenvalue weighted by molar-refractivity contribution is -0.0101. The molecule has 0 amide bonds. The fourth-order valence-electron chi connectivity index (χ4n) is 13.2. The first kappa shape index (κ1) is 37.6. The summed E-state index contributed by atoms with van der Waals surface area (Å²) in [6, 6.07) is 79.3. The predicted octanol–water partition coefficient (Wildman–Crippen LogP) is 17.1. The Hall–Kier alpha value is -6.96. The molecule has 3 saturated carbocycles. The lowest BCUT2D eigenvalue weighted by Crippen LogP contribution is -2.50. The Morgan fingerprint density at radius 3 is 1.73 bits per heavy atom. The number of nitrogens with zero attached hydrogens (tertiary/aromatic N) is 1. The third-order valence-electron chi connectivity index (χ3n) is 16.0. The van der Waals surface area contributed by atoms with Crippen molar-refractivity contribution in [2.75, 3.05) is 4.90 Å². The molecule has 5 unspecified atom stereocenters. The molecule has 3 fully saturated rings. The molecule has 0 saturated heterocycles. The molecule has 0 aliphatic heterocycles. The molecule has 1 spiro atoms. The van der Waals surface area contributed by atoms with Crippen LogP contribution in [0.3, 0.4) is 0 Å². The predicted molar refractivity (Wildman–Crippen MR) is 268 cm³/mol. The van der Waals surface area contributed by atoms with Gasteiger partial charge in [-0.05, 0) is 176 Å². The van der Waals surface area contributed by atoms with Crippen LogP contribution in [-0.4, -0.2) is 0 Å². The first-order valence-corrected chi connectivity index (χ1v) is 23.7. The monoisotopic (exact) mass is 821 g/mol. The molecule has 64 heavy (non-hydrogen) atoms. The Morgan fingerprint density at radius 2 is 0.938 bits per heavy atom. The molecule has 0 heterocycles. The molecule has 0 N–H and O–H groups in total. The third kappa shape index (κ3) is 6.05. The average Bonchev–Trinajstić information content (AvgIpc) is 3.65. The van der Waals surface area contributed by atoms with E-state index in [1.54, 1.807) is 11.1 Å². The van der Waals surface area contributed by atoms with E-state index >= 15 is 0 Å². The van der Waals surface area contributed by atoms with Crippen LogP contribution >= 0.6 is 0 Å². The van der Waals surface area contributed by atoms with Crippen molar-refractivity contribution in [3.05, 3.63) is 223 Å². The summed E-state index contributed by atoms with van der Waals surface area (Å²) in [6.45, 7) is 0. The molecule has 4 aliphatic rings. The summed E-state index contributed by atoms with van der Waals surface area (Å²) in [5.41, 5.74) is 19.8. The van der Waals surface area contributed by atoms with E-state index in [0.717, 1.165) is 40.7 Å². The van der Waals surface area contributed by atoms with Crippen LogP contribution in [0.15, 0.2) is 212 Å². The molecular formula is C63H51N. The summed E-state index contributed by atoms with van der Waals surface area (Å²) in [5, 5.41) is 2.53. The fraction of sp³-hybridized carbons (Fsp3) is 0.175. The van der Waals surface area contributed by atoms with Crippen molar-refractivity contribution in [3.8, 4) is 55.6 Å². The van der Waals surface area contributed by atoms with E-state index in [9.17, 15) is 0 Å². The van der Waals surface area contributed by atoms with Crippen molar-refractivity contribution in [3.63, 3.8) is 0 Å². The van der Waals surface area contributed by atoms with Gasteiger partial charge >= 0.3 is 0 Å². The molecular weight excluding hydrogens is 771 g/mol. The minimum Gasteiger partial charge on any atom is -0.311 e. The van der Waals surface area contributed by atoms with Crippen LogP contribution in [0, 0.1) is 23.7 Å². The second-order valence-corrected chi connectivity index (χ2v) is 19.3. The molecule has 9 aromatic carbocycles. The highest BCUT2D eigenvalue weighted by Crippen LogP contribution is 2.67. The molecule has 0 radical (unpaired) electrons. The normalized spacial score (nSPS) is 21.4. The quantitative estimate of drug-likeness (QED) is 0.155. The lowest BCUT2D eigenvalue weighted by atomic mass is 9.47. The second-order valence-electron chi connectivity index (χ2n) is 19.3. The molecule has 5 atom stereocenters. The Morgan fingerprint density at radius 1 is 0.375 bits per heavy atom. The van der Waals surface area contributed by atoms with Crippen molar-refractivity contribution in [1.82, 2.24) is 0 Å². The molecule has 4 aliphatic carbocycles. The van der Waals surface area contributed by atoms with Crippen molar-refractivity contribution in [1.29, 1.82) is 0 Å². The van der Waals surface area contributed by atoms with E-state index in [1.165, 1.54) is 105 Å². The molecule has 9 aromatic rings. The van der Waals surface area contributed by atoms with E-state index in [1.807, 2.05) is 0 Å². The van der Waals surface area contributed by atoms with E-state index in [4.69, 9.17) is 0 Å². The van der Waals surface area contributed by atoms with Gasteiger partial charge in [0.15, 0.2) is 0 Å². The van der Waals surface area contributed by atoms with Gasteiger partial charge in [-0.25, -0.2) is 0 Å². The number of fused-ring (bicyclic) bond motifs is 9. The van der Waals surface area contributed by atoms with Gasteiger partial charge in [0.05, 0.1) is 0 Å². The van der Waals surface area contributed by atoms with E-state index in [0.29, 0.717) is 0 Å². The van der Waals surface area contributed by atoms with Crippen molar-refractivity contribution in [2.45, 2.75) is 43.9 Å². The summed E-state index contributed by atoms with van der Waals surface area (Å²) in [4.78, 5) is 2.39. The van der Waals surface area contributed by atoms with Crippen molar-refractivity contribution >= 4 is 27.8 Å². The van der Waals surface area contributed by atoms with Gasteiger partial charge in [-0.15, -0.1) is 0 Å². The van der Waals surface area contributed by atoms with Crippen LogP contribution in [0.4, 0.5) is 17.1 Å². The van der Waals surface area contributed by atoms with Crippen molar-refractivity contribution in [2.24, 2.45) is 23.7 Å². The Kier molecular flexibility index (Phi) is 8.87. The van der Waals surface area contributed by atoms with Gasteiger partial charge in [-0.3, -0.25) is 0 Å². The van der Waals surface area contributed by atoms with Gasteiger partial charge < -0.3 is 4.90 Å². The first-order chi connectivity index (χ1) is 31.7. The zero-order valence-corrected chi connectivity index (χ0v) is 36.2. The SMILES string of the molecule is c1ccc(-c2ccc(N(c3ccc(-c4cccc(-c5cccc6c5C5(CC7CCC8CC7CC5C8)c5ccccc5-6)c4)cc3)c3ccc(-c4cccc5ccccc45)cc3)cc2)cc1. The fourth-order valence-corrected chi connectivity index (χ4v) is 13.2. The van der Waals surface area contributed by atoms with Crippen LogP contribution < -0.4 is 4.90 Å². The highest BCUT2D eigenvalue weighted by atomic mass is 15.1. The number of hydrogen-bond donors (Lipinski definition) is 0. The van der Waals surface area contributed by atoms with Gasteiger partial charge in [0.25, 0.3) is 0 Å². The maximum atomic E-state index is 2.50. The van der Waals surface area contributed by atoms with Crippen LogP contribution in [0.25, 0.3) is 66.4 Å². The summed E-state index contributed by atoms with van der Waals surface area (Å²) in [5.74, 6) is 3.40. The van der Waals surface area contributed by atoms with E-state index < -0.39 is 0 Å². The van der Waals surface area contributed by atoms with Gasteiger partial charge in [-0.2, -0.15) is 0 Å². The van der Waals surface area contributed by atoms with Crippen LogP contribution in [-0.2, 0) is 5.41 Å². The number of anilines is 3. The highest BCUT2D eigenvalue weighted by Gasteiger charge is 2.58. The standard InChI is InChI=1S/C63H51N/c1-2-11-43(12-3-1)44-25-31-53(32-26-44)64(55-35-29-47(30-36-55)57-19-9-14-46-13-4-5-17-56(46)57)54-33-27-45(28-34-54)48-15-8-16-49(39-48)58-20-10-21-60-59-18-6-7-22-61(59)63(62(58)60)41-50-24-23-42-37-51(50)40-52(63)38-42/h1-22,25-36,39,42,50-52H,23-24,37-38,40-41H2. The summed E-state index contributed by atoms with van der Waals surface area (Å²) < 4.78 is 0. The van der Waals surface area contributed by atoms with E-state index in [2.05, 4.69) is 217 Å². The molecule has 3 bridgehead atoms. The minimum absolute atomic E-state index is 0.107. The zero-order valence-electron chi connectivity index (χ0n) is 36.2. The molecule has 1 nitrogen and oxygen atoms in total. The summed E-state index contributed by atoms with van der Waals surface area (Å²) in [6.07, 6.45) is 8.45. The zero-order chi connectivity index (χ0) is 42.2. The van der Waals surface area contributed by atoms with Gasteiger partial charge in [0.1, 0.15) is 0 Å². The topological polar surface area (TPSA) is 3.24 Å². The number of benzene rings is 9. The second kappa shape index (κ2) is 15.1. The lowest BCUT2D eigenvalue weighted by Gasteiger charge is -2.57. The molecule has 13 rings (SSSR count). The smallest absolute Gasteiger partial charge is 0.0462 e. The number of hydrogen-bond acceptors (Lipinski definition) is 1. The summed E-state index contributed by atoms with van der Waals surface area (Å²) in [7, 11) is 0. The number of rotatable bonds is 7. The minimum atomic E-state index is 0.107. The molecule has 308 valence electrons. The first-order valence-electron chi connectivity index (χ1n) is 23.7. The molecule has 0 aromatic heterocycles.